The lowest BCUT2D eigenvalue weighted by molar-refractivity contribution is -0.119. The number of benzene rings is 2. The van der Waals surface area contributed by atoms with Crippen LogP contribution in [0.15, 0.2) is 53.4 Å². The number of rotatable bonds is 8. The highest BCUT2D eigenvalue weighted by molar-refractivity contribution is 8.00. The minimum absolute atomic E-state index is 0.0351. The summed E-state index contributed by atoms with van der Waals surface area (Å²) >= 11 is 1.21. The van der Waals surface area contributed by atoms with Crippen molar-refractivity contribution in [1.82, 2.24) is 5.32 Å². The van der Waals surface area contributed by atoms with Gasteiger partial charge >= 0.3 is 5.97 Å². The number of nitrogens with one attached hydrogen (secondary N) is 2. The summed E-state index contributed by atoms with van der Waals surface area (Å²) in [7, 11) is 0. The summed E-state index contributed by atoms with van der Waals surface area (Å²) in [6.45, 7) is 3.25. The molecule has 0 fully saturated rings. The lowest BCUT2D eigenvalue weighted by Gasteiger charge is -2.11. The topological polar surface area (TPSA) is 84.5 Å². The first-order valence-electron chi connectivity index (χ1n) is 8.59. The first kappa shape index (κ1) is 21.4. The van der Waals surface area contributed by atoms with Crippen molar-refractivity contribution in [2.24, 2.45) is 0 Å². The van der Waals surface area contributed by atoms with Crippen molar-refractivity contribution < 1.29 is 23.5 Å². The normalized spacial score (nSPS) is 10.4. The van der Waals surface area contributed by atoms with E-state index in [0.717, 1.165) is 0 Å². The monoisotopic (exact) mass is 404 g/mol. The fourth-order valence-electron chi connectivity index (χ4n) is 2.21. The summed E-state index contributed by atoms with van der Waals surface area (Å²) in [5.41, 5.74) is 0.675. The van der Waals surface area contributed by atoms with Gasteiger partial charge in [-0.3, -0.25) is 9.59 Å². The summed E-state index contributed by atoms with van der Waals surface area (Å²) in [6.07, 6.45) is 0. The van der Waals surface area contributed by atoms with Crippen LogP contribution in [-0.4, -0.2) is 36.2 Å². The lowest BCUT2D eigenvalue weighted by Crippen LogP contribution is -2.31. The number of halogens is 1. The average molecular weight is 404 g/mol. The zero-order valence-corrected chi connectivity index (χ0v) is 16.3. The van der Waals surface area contributed by atoms with Gasteiger partial charge in [-0.1, -0.05) is 12.1 Å². The third-order valence-corrected chi connectivity index (χ3v) is 4.45. The van der Waals surface area contributed by atoms with E-state index in [2.05, 4.69) is 10.6 Å². The highest BCUT2D eigenvalue weighted by Gasteiger charge is 2.16. The molecule has 28 heavy (non-hydrogen) atoms. The number of esters is 1. The van der Waals surface area contributed by atoms with Crippen LogP contribution in [0.4, 0.5) is 10.1 Å². The quantitative estimate of drug-likeness (QED) is 0.521. The van der Waals surface area contributed by atoms with Gasteiger partial charge in [0.25, 0.3) is 5.91 Å². The van der Waals surface area contributed by atoms with Crippen LogP contribution in [0.1, 0.15) is 24.2 Å². The van der Waals surface area contributed by atoms with Crippen molar-refractivity contribution in [3.8, 4) is 0 Å². The Kier molecular flexibility index (Phi) is 8.01. The minimum Gasteiger partial charge on any atom is -0.452 e. The first-order valence-corrected chi connectivity index (χ1v) is 9.57. The van der Waals surface area contributed by atoms with Crippen molar-refractivity contribution in [2.75, 3.05) is 17.7 Å². The molecule has 0 radical (unpaired) electrons. The van der Waals surface area contributed by atoms with Gasteiger partial charge in [-0.15, -0.1) is 11.8 Å². The van der Waals surface area contributed by atoms with Crippen LogP contribution in [0.3, 0.4) is 0 Å². The molecule has 6 nitrogen and oxygen atoms in total. The largest absolute Gasteiger partial charge is 0.452 e. The smallest absolute Gasteiger partial charge is 0.339 e. The second-order valence-electron chi connectivity index (χ2n) is 6.14. The third kappa shape index (κ3) is 7.03. The predicted octanol–water partition coefficient (Wildman–Crippen LogP) is 3.24. The molecule has 0 heterocycles. The van der Waals surface area contributed by atoms with Crippen LogP contribution in [0.5, 0.6) is 0 Å². The van der Waals surface area contributed by atoms with Gasteiger partial charge in [0, 0.05) is 16.6 Å². The molecule has 0 unspecified atom stereocenters. The van der Waals surface area contributed by atoms with Gasteiger partial charge in [0.15, 0.2) is 6.61 Å². The van der Waals surface area contributed by atoms with E-state index < -0.39 is 24.3 Å². The minimum atomic E-state index is -0.665. The number of anilines is 1. The molecular weight excluding hydrogens is 383 g/mol. The zero-order chi connectivity index (χ0) is 20.5. The molecule has 8 heteroatoms. The lowest BCUT2D eigenvalue weighted by atomic mass is 10.2. The second-order valence-corrected chi connectivity index (χ2v) is 7.16. The Morgan fingerprint density at radius 2 is 1.71 bits per heavy atom. The van der Waals surface area contributed by atoms with E-state index in [9.17, 15) is 18.8 Å². The molecule has 148 valence electrons. The number of amides is 2. The van der Waals surface area contributed by atoms with E-state index in [0.29, 0.717) is 10.6 Å². The van der Waals surface area contributed by atoms with Crippen molar-refractivity contribution in [2.45, 2.75) is 24.8 Å². The van der Waals surface area contributed by atoms with Gasteiger partial charge in [-0.2, -0.15) is 0 Å². The maximum Gasteiger partial charge on any atom is 0.339 e. The second kappa shape index (κ2) is 10.5. The Bertz CT molecular complexity index is 840. The number of ether oxygens (including phenoxy) is 1. The molecule has 0 saturated carbocycles. The van der Waals surface area contributed by atoms with Crippen LogP contribution in [0.25, 0.3) is 0 Å². The molecule has 0 atom stereocenters. The Hall–Kier alpha value is -2.87. The fourth-order valence-corrected chi connectivity index (χ4v) is 3.06. The number of thioether (sulfide) groups is 1. The van der Waals surface area contributed by atoms with Gasteiger partial charge in [0.2, 0.25) is 5.91 Å². The molecule has 0 aliphatic heterocycles. The van der Waals surface area contributed by atoms with E-state index in [1.807, 2.05) is 13.8 Å². The summed E-state index contributed by atoms with van der Waals surface area (Å²) in [5.74, 6) is -1.60. The highest BCUT2D eigenvalue weighted by Crippen LogP contribution is 2.23. The molecule has 0 saturated heterocycles. The van der Waals surface area contributed by atoms with Crippen LogP contribution in [0.2, 0.25) is 0 Å². The van der Waals surface area contributed by atoms with E-state index in [-0.39, 0.29) is 23.3 Å². The van der Waals surface area contributed by atoms with Crippen LogP contribution in [-0.2, 0) is 14.3 Å². The van der Waals surface area contributed by atoms with Gasteiger partial charge < -0.3 is 15.4 Å². The zero-order valence-electron chi connectivity index (χ0n) is 15.5. The van der Waals surface area contributed by atoms with Crippen molar-refractivity contribution in [3.05, 3.63) is 59.9 Å². The number of carbonyl (C=O) groups excluding carboxylic acids is 3. The Labute approximate surface area is 166 Å². The molecule has 0 aliphatic rings. The fraction of sp³-hybridized carbons (Fsp3) is 0.250. The summed E-state index contributed by atoms with van der Waals surface area (Å²) in [4.78, 5) is 36.6. The molecule has 2 rings (SSSR count). The van der Waals surface area contributed by atoms with Gasteiger partial charge in [-0.25, -0.2) is 9.18 Å². The van der Waals surface area contributed by atoms with E-state index in [4.69, 9.17) is 4.74 Å². The van der Waals surface area contributed by atoms with Crippen LogP contribution >= 0.6 is 11.8 Å². The van der Waals surface area contributed by atoms with Crippen LogP contribution in [0, 0.1) is 5.82 Å². The molecule has 2 aromatic rings. The highest BCUT2D eigenvalue weighted by atomic mass is 32.2. The number of carbonyl (C=O) groups is 3. The Morgan fingerprint density at radius 3 is 2.39 bits per heavy atom. The number of hydrogen-bond acceptors (Lipinski definition) is 5. The standard InChI is InChI=1S/C20H21FN2O4S/c1-13(2)22-19(25)12-28-17-6-4-3-5-16(17)20(26)27-11-18(24)23-15-9-7-14(21)8-10-15/h3-10,13H,11-12H2,1-2H3,(H,22,25)(H,23,24). The predicted molar refractivity (Wildman–Crippen MR) is 106 cm³/mol. The summed E-state index contributed by atoms with van der Waals surface area (Å²) < 4.78 is 17.9. The molecule has 0 aromatic heterocycles. The third-order valence-electron chi connectivity index (χ3n) is 3.38. The molecule has 2 amide bonds. The molecule has 2 N–H and O–H groups in total. The van der Waals surface area contributed by atoms with E-state index in [1.54, 1.807) is 24.3 Å². The van der Waals surface area contributed by atoms with Crippen molar-refractivity contribution >= 4 is 35.2 Å². The maximum absolute atomic E-state index is 12.9. The molecule has 0 bridgehead atoms. The Balaban J connectivity index is 1.90. The first-order chi connectivity index (χ1) is 13.3. The van der Waals surface area contributed by atoms with E-state index in [1.165, 1.54) is 36.0 Å². The number of hydrogen-bond donors (Lipinski definition) is 2. The van der Waals surface area contributed by atoms with Gasteiger partial charge in [0.1, 0.15) is 5.82 Å². The molecule has 2 aromatic carbocycles. The summed E-state index contributed by atoms with van der Waals surface area (Å²) in [5, 5.41) is 5.28. The molecule has 0 aliphatic carbocycles. The Morgan fingerprint density at radius 1 is 1.04 bits per heavy atom. The molecular formula is C20H21FN2O4S. The maximum atomic E-state index is 12.9. The van der Waals surface area contributed by atoms with Gasteiger partial charge in [-0.05, 0) is 50.2 Å². The van der Waals surface area contributed by atoms with Gasteiger partial charge in [0.05, 0.1) is 11.3 Å². The van der Waals surface area contributed by atoms with E-state index >= 15 is 0 Å². The molecule has 0 spiro atoms. The summed E-state index contributed by atoms with van der Waals surface area (Å²) in [6, 6.07) is 12.0. The van der Waals surface area contributed by atoms with Crippen LogP contribution < -0.4 is 10.6 Å². The van der Waals surface area contributed by atoms with Crippen molar-refractivity contribution in [3.63, 3.8) is 0 Å². The average Bonchev–Trinajstić information content (AvgIpc) is 2.66. The van der Waals surface area contributed by atoms with Crippen molar-refractivity contribution in [1.29, 1.82) is 0 Å². The SMILES string of the molecule is CC(C)NC(=O)CSc1ccccc1C(=O)OCC(=O)Nc1ccc(F)cc1.